The minimum absolute atomic E-state index is 0.0353. The van der Waals surface area contributed by atoms with Gasteiger partial charge in [-0.25, -0.2) is 4.98 Å². The predicted molar refractivity (Wildman–Crippen MR) is 83.1 cm³/mol. The molecule has 2 saturated heterocycles. The van der Waals surface area contributed by atoms with Crippen molar-refractivity contribution in [2.24, 2.45) is 0 Å². The number of rotatable bonds is 2. The van der Waals surface area contributed by atoms with Gasteiger partial charge >= 0.3 is 0 Å². The van der Waals surface area contributed by atoms with E-state index in [-0.39, 0.29) is 11.5 Å². The number of furan rings is 1. The summed E-state index contributed by atoms with van der Waals surface area (Å²) in [4.78, 5) is 18.6. The lowest BCUT2D eigenvalue weighted by Gasteiger charge is -2.39. The van der Waals surface area contributed by atoms with E-state index in [2.05, 4.69) is 9.55 Å². The van der Waals surface area contributed by atoms with E-state index in [1.54, 1.807) is 12.3 Å². The Morgan fingerprint density at radius 1 is 1.43 bits per heavy atom. The predicted octanol–water partition coefficient (Wildman–Crippen LogP) is 2.42. The molecule has 1 amide bonds. The molecule has 2 aliphatic rings. The third-order valence-corrected chi connectivity index (χ3v) is 4.91. The zero-order chi connectivity index (χ0) is 15.9. The molecule has 2 fully saturated rings. The molecule has 4 rings (SSSR count). The van der Waals surface area contributed by atoms with Crippen molar-refractivity contribution in [1.82, 2.24) is 14.5 Å². The lowest BCUT2D eigenvalue weighted by molar-refractivity contribution is -0.0454. The van der Waals surface area contributed by atoms with Gasteiger partial charge in [0.15, 0.2) is 5.76 Å². The van der Waals surface area contributed by atoms with Crippen molar-refractivity contribution in [1.29, 1.82) is 0 Å². The van der Waals surface area contributed by atoms with Crippen LogP contribution in [0.5, 0.6) is 0 Å². The van der Waals surface area contributed by atoms with Crippen molar-refractivity contribution in [3.8, 4) is 0 Å². The molecule has 0 unspecified atom stereocenters. The highest BCUT2D eigenvalue weighted by Gasteiger charge is 2.45. The summed E-state index contributed by atoms with van der Waals surface area (Å²) >= 11 is 0. The highest BCUT2D eigenvalue weighted by molar-refractivity contribution is 5.91. The van der Waals surface area contributed by atoms with Crippen LogP contribution in [0, 0.1) is 6.92 Å². The highest BCUT2D eigenvalue weighted by Crippen LogP contribution is 2.39. The van der Waals surface area contributed by atoms with Crippen molar-refractivity contribution >= 4 is 5.91 Å². The SMILES string of the molecule is Cc1ccc(C(=O)N2CCC[C@]3(C[C@@H](n4ccnc4)CO3)C2)o1. The summed E-state index contributed by atoms with van der Waals surface area (Å²) in [5.41, 5.74) is -0.232. The van der Waals surface area contributed by atoms with E-state index in [1.807, 2.05) is 30.4 Å². The zero-order valence-electron chi connectivity index (χ0n) is 13.3. The summed E-state index contributed by atoms with van der Waals surface area (Å²) in [6, 6.07) is 3.88. The number of ether oxygens (including phenoxy) is 1. The fraction of sp³-hybridized carbons (Fsp3) is 0.529. The Labute approximate surface area is 135 Å². The van der Waals surface area contributed by atoms with E-state index < -0.39 is 0 Å². The van der Waals surface area contributed by atoms with Crippen LogP contribution in [0.15, 0.2) is 35.3 Å². The molecule has 0 aliphatic carbocycles. The van der Waals surface area contributed by atoms with Gasteiger partial charge in [-0.2, -0.15) is 0 Å². The Bertz CT molecular complexity index is 694. The Morgan fingerprint density at radius 2 is 2.35 bits per heavy atom. The van der Waals surface area contributed by atoms with E-state index in [0.717, 1.165) is 31.6 Å². The first-order chi connectivity index (χ1) is 11.2. The van der Waals surface area contributed by atoms with Crippen LogP contribution < -0.4 is 0 Å². The van der Waals surface area contributed by atoms with Crippen molar-refractivity contribution in [3.63, 3.8) is 0 Å². The second kappa shape index (κ2) is 5.53. The molecule has 23 heavy (non-hydrogen) atoms. The van der Waals surface area contributed by atoms with E-state index in [9.17, 15) is 4.79 Å². The van der Waals surface area contributed by atoms with Crippen LogP contribution in [-0.4, -0.2) is 45.7 Å². The van der Waals surface area contributed by atoms with Crippen LogP contribution in [0.25, 0.3) is 0 Å². The molecular weight excluding hydrogens is 294 g/mol. The van der Waals surface area contributed by atoms with Crippen LogP contribution in [0.4, 0.5) is 0 Å². The maximum atomic E-state index is 12.6. The third kappa shape index (κ3) is 2.67. The number of aryl methyl sites for hydroxylation is 1. The standard InChI is InChI=1S/C17H21N3O3/c1-13-3-4-15(23-13)16(21)19-7-2-5-17(11-19)9-14(10-22-17)20-8-6-18-12-20/h3-4,6,8,12,14H,2,5,7,9-11H2,1H3/t14-,17+/m1/s1. The zero-order valence-corrected chi connectivity index (χ0v) is 13.3. The monoisotopic (exact) mass is 315 g/mol. The molecule has 2 aromatic rings. The summed E-state index contributed by atoms with van der Waals surface area (Å²) in [6.07, 6.45) is 8.49. The summed E-state index contributed by atoms with van der Waals surface area (Å²) in [6.45, 7) is 3.93. The van der Waals surface area contributed by atoms with Crippen molar-refractivity contribution in [2.45, 2.75) is 37.8 Å². The first-order valence-corrected chi connectivity index (χ1v) is 8.12. The van der Waals surface area contributed by atoms with Gasteiger partial charge in [-0.05, 0) is 31.9 Å². The second-order valence-electron chi connectivity index (χ2n) is 6.60. The number of hydrogen-bond donors (Lipinski definition) is 0. The Hall–Kier alpha value is -2.08. The molecule has 0 N–H and O–H groups in total. The molecule has 6 heteroatoms. The normalized spacial score (nSPS) is 27.7. The molecule has 0 radical (unpaired) electrons. The average molecular weight is 315 g/mol. The minimum Gasteiger partial charge on any atom is -0.456 e. The third-order valence-electron chi connectivity index (χ3n) is 4.91. The van der Waals surface area contributed by atoms with E-state index in [4.69, 9.17) is 9.15 Å². The molecule has 1 spiro atoms. The smallest absolute Gasteiger partial charge is 0.289 e. The van der Waals surface area contributed by atoms with Crippen molar-refractivity contribution in [2.75, 3.05) is 19.7 Å². The second-order valence-corrected chi connectivity index (χ2v) is 6.60. The summed E-state index contributed by atoms with van der Waals surface area (Å²) < 4.78 is 13.8. The van der Waals surface area contributed by atoms with Gasteiger partial charge in [-0.1, -0.05) is 0 Å². The highest BCUT2D eigenvalue weighted by atomic mass is 16.5. The van der Waals surface area contributed by atoms with E-state index in [0.29, 0.717) is 25.0 Å². The first-order valence-electron chi connectivity index (χ1n) is 8.12. The molecule has 0 aromatic carbocycles. The number of imidazole rings is 1. The van der Waals surface area contributed by atoms with Crippen LogP contribution in [0.2, 0.25) is 0 Å². The van der Waals surface area contributed by atoms with Crippen molar-refractivity contribution in [3.05, 3.63) is 42.4 Å². The van der Waals surface area contributed by atoms with Crippen LogP contribution in [0.3, 0.4) is 0 Å². The number of carbonyl (C=O) groups is 1. The van der Waals surface area contributed by atoms with Gasteiger partial charge in [0.05, 0.1) is 31.1 Å². The molecule has 2 atom stereocenters. The van der Waals surface area contributed by atoms with Gasteiger partial charge in [0.2, 0.25) is 0 Å². The summed E-state index contributed by atoms with van der Waals surface area (Å²) in [5.74, 6) is 1.15. The summed E-state index contributed by atoms with van der Waals surface area (Å²) in [7, 11) is 0. The lowest BCUT2D eigenvalue weighted by atomic mass is 9.88. The number of carbonyl (C=O) groups excluding carboxylic acids is 1. The van der Waals surface area contributed by atoms with Crippen LogP contribution in [0.1, 0.15) is 41.6 Å². The molecular formula is C17H21N3O3. The van der Waals surface area contributed by atoms with E-state index in [1.165, 1.54) is 0 Å². The summed E-state index contributed by atoms with van der Waals surface area (Å²) in [5, 5.41) is 0. The number of likely N-dealkylation sites (tertiary alicyclic amines) is 1. The van der Waals surface area contributed by atoms with Gasteiger partial charge in [0.1, 0.15) is 5.76 Å². The fourth-order valence-corrected chi connectivity index (χ4v) is 3.76. The Morgan fingerprint density at radius 3 is 3.09 bits per heavy atom. The fourth-order valence-electron chi connectivity index (χ4n) is 3.76. The van der Waals surface area contributed by atoms with Gasteiger partial charge in [-0.15, -0.1) is 0 Å². The largest absolute Gasteiger partial charge is 0.456 e. The van der Waals surface area contributed by atoms with Crippen LogP contribution in [-0.2, 0) is 4.74 Å². The van der Waals surface area contributed by atoms with Gasteiger partial charge in [0, 0.05) is 25.4 Å². The maximum Gasteiger partial charge on any atom is 0.289 e. The number of nitrogens with zero attached hydrogens (tertiary/aromatic N) is 3. The quantitative estimate of drug-likeness (QED) is 0.854. The number of piperidine rings is 1. The molecule has 0 bridgehead atoms. The maximum absolute atomic E-state index is 12.6. The Balaban J connectivity index is 1.48. The molecule has 4 heterocycles. The van der Waals surface area contributed by atoms with Crippen LogP contribution >= 0.6 is 0 Å². The minimum atomic E-state index is -0.232. The average Bonchev–Trinajstić information content (AvgIpc) is 3.28. The Kier molecular flexibility index (Phi) is 3.49. The lowest BCUT2D eigenvalue weighted by Crippen LogP contribution is -2.50. The van der Waals surface area contributed by atoms with Crippen molar-refractivity contribution < 1.29 is 13.9 Å². The number of hydrogen-bond acceptors (Lipinski definition) is 4. The van der Waals surface area contributed by atoms with Gasteiger partial charge < -0.3 is 18.6 Å². The number of aromatic nitrogens is 2. The molecule has 2 aliphatic heterocycles. The first kappa shape index (κ1) is 14.5. The van der Waals surface area contributed by atoms with Gasteiger partial charge in [-0.3, -0.25) is 4.79 Å². The van der Waals surface area contributed by atoms with E-state index >= 15 is 0 Å². The van der Waals surface area contributed by atoms with Gasteiger partial charge in [0.25, 0.3) is 5.91 Å². The number of amides is 1. The molecule has 6 nitrogen and oxygen atoms in total. The molecule has 2 aromatic heterocycles. The molecule has 122 valence electrons. The topological polar surface area (TPSA) is 60.5 Å². The molecule has 0 saturated carbocycles.